The number of aryl methyl sites for hydroxylation is 2. The molecular weight excluding hydrogens is 282 g/mol. The van der Waals surface area contributed by atoms with Gasteiger partial charge in [-0.3, -0.25) is 4.90 Å². The van der Waals surface area contributed by atoms with E-state index in [0.717, 1.165) is 24.5 Å². The maximum atomic E-state index is 4.57. The molecule has 0 saturated carbocycles. The van der Waals surface area contributed by atoms with Crippen molar-refractivity contribution in [3.05, 3.63) is 78.1 Å². The van der Waals surface area contributed by atoms with Crippen LogP contribution < -0.4 is 4.90 Å². The van der Waals surface area contributed by atoms with Gasteiger partial charge in [-0.2, -0.15) is 0 Å². The topological polar surface area (TPSA) is 29.0 Å². The van der Waals surface area contributed by atoms with Gasteiger partial charge in [0.15, 0.2) is 0 Å². The van der Waals surface area contributed by atoms with Gasteiger partial charge in [0.2, 0.25) is 0 Å². The summed E-state index contributed by atoms with van der Waals surface area (Å²) in [6, 6.07) is 18.5. The highest BCUT2D eigenvalue weighted by Gasteiger charge is 2.19. The van der Waals surface area contributed by atoms with Crippen molar-refractivity contribution >= 4 is 17.3 Å². The Balaban J connectivity index is 2.25. The Morgan fingerprint density at radius 3 is 1.61 bits per heavy atom. The molecule has 3 rings (SSSR count). The van der Waals surface area contributed by atoms with Crippen molar-refractivity contribution in [3.63, 3.8) is 0 Å². The lowest BCUT2D eigenvalue weighted by Crippen LogP contribution is -2.16. The first-order valence-electron chi connectivity index (χ1n) is 8.08. The standard InChI is InChI=1S/C20H21N3/c1-3-16-10-9-11-17(4-2)20(16)23(18-12-5-7-14-21-18)19-13-6-8-15-22-19/h5-15H,3-4H2,1-2H3. The van der Waals surface area contributed by atoms with Crippen LogP contribution in [0.4, 0.5) is 17.3 Å². The molecule has 3 nitrogen and oxygen atoms in total. The average Bonchev–Trinajstić information content (AvgIpc) is 2.64. The highest BCUT2D eigenvalue weighted by Crippen LogP contribution is 2.37. The summed E-state index contributed by atoms with van der Waals surface area (Å²) in [7, 11) is 0. The van der Waals surface area contributed by atoms with Gasteiger partial charge < -0.3 is 0 Å². The lowest BCUT2D eigenvalue weighted by atomic mass is 10.0. The monoisotopic (exact) mass is 303 g/mol. The van der Waals surface area contributed by atoms with Crippen LogP contribution in [0.1, 0.15) is 25.0 Å². The van der Waals surface area contributed by atoms with Crippen LogP contribution in [0.15, 0.2) is 67.0 Å². The Bertz CT molecular complexity index is 693. The lowest BCUT2D eigenvalue weighted by molar-refractivity contribution is 1.03. The van der Waals surface area contributed by atoms with Crippen LogP contribution in [0.25, 0.3) is 0 Å². The van der Waals surface area contributed by atoms with Crippen LogP contribution in [0.2, 0.25) is 0 Å². The van der Waals surface area contributed by atoms with Crippen molar-refractivity contribution in [2.75, 3.05) is 4.90 Å². The van der Waals surface area contributed by atoms with E-state index in [0.29, 0.717) is 0 Å². The number of hydrogen-bond acceptors (Lipinski definition) is 3. The van der Waals surface area contributed by atoms with Crippen molar-refractivity contribution in [2.24, 2.45) is 0 Å². The zero-order chi connectivity index (χ0) is 16.1. The number of aromatic nitrogens is 2. The largest absolute Gasteiger partial charge is 0.278 e. The molecule has 0 aliphatic carbocycles. The highest BCUT2D eigenvalue weighted by molar-refractivity contribution is 5.77. The van der Waals surface area contributed by atoms with Crippen molar-refractivity contribution < 1.29 is 0 Å². The second kappa shape index (κ2) is 7.05. The molecule has 3 aromatic rings. The van der Waals surface area contributed by atoms with E-state index < -0.39 is 0 Å². The second-order valence-electron chi connectivity index (χ2n) is 5.34. The fourth-order valence-corrected chi connectivity index (χ4v) is 2.82. The van der Waals surface area contributed by atoms with Gasteiger partial charge in [0.05, 0.1) is 5.69 Å². The summed E-state index contributed by atoms with van der Waals surface area (Å²) in [5.41, 5.74) is 3.82. The number of hydrogen-bond donors (Lipinski definition) is 0. The maximum absolute atomic E-state index is 4.57. The fourth-order valence-electron chi connectivity index (χ4n) is 2.82. The summed E-state index contributed by atoms with van der Waals surface area (Å²) >= 11 is 0. The Labute approximate surface area is 137 Å². The van der Waals surface area contributed by atoms with Crippen LogP contribution in [0.5, 0.6) is 0 Å². The third kappa shape index (κ3) is 3.09. The van der Waals surface area contributed by atoms with E-state index in [1.54, 1.807) is 0 Å². The molecule has 0 unspecified atom stereocenters. The summed E-state index contributed by atoms with van der Waals surface area (Å²) in [5, 5.41) is 0. The van der Waals surface area contributed by atoms with E-state index in [1.807, 2.05) is 48.8 Å². The van der Waals surface area contributed by atoms with E-state index in [1.165, 1.54) is 16.8 Å². The van der Waals surface area contributed by atoms with Crippen molar-refractivity contribution in [1.82, 2.24) is 9.97 Å². The van der Waals surface area contributed by atoms with E-state index in [-0.39, 0.29) is 0 Å². The molecule has 0 amide bonds. The highest BCUT2D eigenvalue weighted by atomic mass is 15.2. The molecule has 0 aliphatic rings. The van der Waals surface area contributed by atoms with Gasteiger partial charge in [-0.1, -0.05) is 44.2 Å². The van der Waals surface area contributed by atoms with Gasteiger partial charge in [0, 0.05) is 12.4 Å². The van der Waals surface area contributed by atoms with E-state index in [4.69, 9.17) is 0 Å². The summed E-state index contributed by atoms with van der Waals surface area (Å²) in [6.07, 6.45) is 5.59. The maximum Gasteiger partial charge on any atom is 0.138 e. The van der Waals surface area contributed by atoms with E-state index in [9.17, 15) is 0 Å². The lowest BCUT2D eigenvalue weighted by Gasteiger charge is -2.27. The van der Waals surface area contributed by atoms with Crippen LogP contribution >= 0.6 is 0 Å². The summed E-state index contributed by atoms with van der Waals surface area (Å²) < 4.78 is 0. The normalized spacial score (nSPS) is 10.5. The molecule has 2 aromatic heterocycles. The number of anilines is 3. The third-order valence-corrected chi connectivity index (χ3v) is 3.95. The molecule has 0 bridgehead atoms. The van der Waals surface area contributed by atoms with Gasteiger partial charge >= 0.3 is 0 Å². The Hall–Kier alpha value is -2.68. The first-order valence-corrected chi connectivity index (χ1v) is 8.08. The number of pyridine rings is 2. The minimum absolute atomic E-state index is 0.891. The van der Waals surface area contributed by atoms with Crippen LogP contribution in [0, 0.1) is 0 Å². The summed E-state index contributed by atoms with van der Waals surface area (Å²) in [6.45, 7) is 4.38. The van der Waals surface area contributed by atoms with Crippen LogP contribution in [0.3, 0.4) is 0 Å². The van der Waals surface area contributed by atoms with Gasteiger partial charge in [0.25, 0.3) is 0 Å². The number of rotatable bonds is 5. The predicted octanol–water partition coefficient (Wildman–Crippen LogP) is 5.07. The first kappa shape index (κ1) is 15.2. The van der Waals surface area contributed by atoms with Crippen LogP contribution in [-0.2, 0) is 12.8 Å². The number of benzene rings is 1. The molecule has 0 atom stereocenters. The van der Waals surface area contributed by atoms with Crippen molar-refractivity contribution in [2.45, 2.75) is 26.7 Å². The molecule has 23 heavy (non-hydrogen) atoms. The summed E-state index contributed by atoms with van der Waals surface area (Å²) in [4.78, 5) is 11.3. The molecule has 0 aliphatic heterocycles. The molecule has 0 saturated heterocycles. The molecule has 0 radical (unpaired) electrons. The fraction of sp³-hybridized carbons (Fsp3) is 0.200. The number of nitrogens with zero attached hydrogens (tertiary/aromatic N) is 3. The molecule has 0 N–H and O–H groups in total. The van der Waals surface area contributed by atoms with Crippen molar-refractivity contribution in [1.29, 1.82) is 0 Å². The molecule has 1 aromatic carbocycles. The van der Waals surface area contributed by atoms with Crippen molar-refractivity contribution in [3.8, 4) is 0 Å². The van der Waals surface area contributed by atoms with Gasteiger partial charge in [-0.05, 0) is 48.2 Å². The Morgan fingerprint density at radius 2 is 1.22 bits per heavy atom. The SMILES string of the molecule is CCc1cccc(CC)c1N(c1ccccn1)c1ccccn1. The zero-order valence-corrected chi connectivity index (χ0v) is 13.6. The molecule has 0 spiro atoms. The zero-order valence-electron chi connectivity index (χ0n) is 13.6. The molecular formula is C20H21N3. The minimum Gasteiger partial charge on any atom is -0.278 e. The smallest absolute Gasteiger partial charge is 0.138 e. The van der Waals surface area contributed by atoms with E-state index in [2.05, 4.69) is 46.9 Å². The Kier molecular flexibility index (Phi) is 4.67. The predicted molar refractivity (Wildman–Crippen MR) is 95.5 cm³/mol. The number of para-hydroxylation sites is 1. The van der Waals surface area contributed by atoms with E-state index >= 15 is 0 Å². The van der Waals surface area contributed by atoms with Gasteiger partial charge in [-0.25, -0.2) is 9.97 Å². The summed E-state index contributed by atoms with van der Waals surface area (Å²) in [5.74, 6) is 1.78. The van der Waals surface area contributed by atoms with Gasteiger partial charge in [-0.15, -0.1) is 0 Å². The third-order valence-electron chi connectivity index (χ3n) is 3.95. The molecule has 0 fully saturated rings. The first-order chi connectivity index (χ1) is 11.3. The second-order valence-corrected chi connectivity index (χ2v) is 5.34. The molecule has 116 valence electrons. The van der Waals surface area contributed by atoms with Crippen LogP contribution in [-0.4, -0.2) is 9.97 Å². The quantitative estimate of drug-likeness (QED) is 0.659. The molecule has 3 heteroatoms. The Morgan fingerprint density at radius 1 is 0.696 bits per heavy atom. The van der Waals surface area contributed by atoms with Gasteiger partial charge in [0.1, 0.15) is 11.6 Å². The average molecular weight is 303 g/mol. The minimum atomic E-state index is 0.891. The molecule has 2 heterocycles.